The van der Waals surface area contributed by atoms with E-state index in [9.17, 15) is 9.59 Å². The van der Waals surface area contributed by atoms with Gasteiger partial charge >= 0.3 is 0 Å². The number of nitrogens with zero attached hydrogens (tertiary/aromatic N) is 3. The van der Waals surface area contributed by atoms with Gasteiger partial charge < -0.3 is 10.2 Å². The molecule has 24 heavy (non-hydrogen) atoms. The molecule has 1 aliphatic rings. The third kappa shape index (κ3) is 3.73. The maximum atomic E-state index is 12.3. The summed E-state index contributed by atoms with van der Waals surface area (Å²) in [5, 5.41) is 12.6. The van der Waals surface area contributed by atoms with Gasteiger partial charge in [0.2, 0.25) is 16.9 Å². The van der Waals surface area contributed by atoms with Gasteiger partial charge in [-0.25, -0.2) is 0 Å². The molecule has 0 bridgehead atoms. The number of carbonyl (C=O) groups is 2. The third-order valence-corrected chi connectivity index (χ3v) is 5.26. The molecule has 3 rings (SSSR count). The monoisotopic (exact) mass is 364 g/mol. The van der Waals surface area contributed by atoms with Crippen LogP contribution in [0.4, 0.5) is 5.13 Å². The molecule has 2 amide bonds. The van der Waals surface area contributed by atoms with Gasteiger partial charge in [-0.15, -0.1) is 10.2 Å². The van der Waals surface area contributed by atoms with E-state index in [1.807, 2.05) is 25.1 Å². The molecule has 8 heteroatoms. The maximum Gasteiger partial charge on any atom is 0.231 e. The standard InChI is InChI=1S/C16H17ClN4O2S/c1-2-13-19-20-16(24-13)18-15(23)11-7-14(22)21(9-11)8-10-5-3-4-6-12(10)17/h3-6,11H,2,7-9H2,1H3,(H,18,20,23)/t11-/m1/s1. The van der Waals surface area contributed by atoms with Gasteiger partial charge in [-0.1, -0.05) is 48.1 Å². The lowest BCUT2D eigenvalue weighted by Crippen LogP contribution is -2.28. The first kappa shape index (κ1) is 16.9. The van der Waals surface area contributed by atoms with Crippen molar-refractivity contribution < 1.29 is 9.59 Å². The third-order valence-electron chi connectivity index (χ3n) is 3.90. The number of aromatic nitrogens is 2. The van der Waals surface area contributed by atoms with Gasteiger partial charge in [-0.2, -0.15) is 0 Å². The zero-order chi connectivity index (χ0) is 17.1. The molecule has 1 saturated heterocycles. The summed E-state index contributed by atoms with van der Waals surface area (Å²) in [6.45, 7) is 2.78. The number of hydrogen-bond donors (Lipinski definition) is 1. The summed E-state index contributed by atoms with van der Waals surface area (Å²) in [6, 6.07) is 7.41. The molecule has 1 aromatic heterocycles. The van der Waals surface area contributed by atoms with E-state index >= 15 is 0 Å². The van der Waals surface area contributed by atoms with Crippen LogP contribution < -0.4 is 5.32 Å². The topological polar surface area (TPSA) is 75.2 Å². The first-order valence-corrected chi connectivity index (χ1v) is 8.90. The highest BCUT2D eigenvalue weighted by molar-refractivity contribution is 7.15. The minimum absolute atomic E-state index is 0.0402. The Hall–Kier alpha value is -1.99. The Balaban J connectivity index is 1.61. The van der Waals surface area contributed by atoms with Crippen LogP contribution in [0.5, 0.6) is 0 Å². The van der Waals surface area contributed by atoms with Gasteiger partial charge in [-0.3, -0.25) is 9.59 Å². The smallest absolute Gasteiger partial charge is 0.231 e. The molecule has 0 unspecified atom stereocenters. The first-order valence-electron chi connectivity index (χ1n) is 7.71. The number of rotatable bonds is 5. The summed E-state index contributed by atoms with van der Waals surface area (Å²) in [7, 11) is 0. The van der Waals surface area contributed by atoms with E-state index in [4.69, 9.17) is 11.6 Å². The van der Waals surface area contributed by atoms with Crippen LogP contribution in [0.2, 0.25) is 5.02 Å². The van der Waals surface area contributed by atoms with Gasteiger partial charge in [0, 0.05) is 24.5 Å². The lowest BCUT2D eigenvalue weighted by Gasteiger charge is -2.17. The largest absolute Gasteiger partial charge is 0.337 e. The number of likely N-dealkylation sites (tertiary alicyclic amines) is 1. The average molecular weight is 365 g/mol. The SMILES string of the molecule is CCc1nnc(NC(=O)[C@@H]2CC(=O)N(Cc3ccccc3Cl)C2)s1. The lowest BCUT2D eigenvalue weighted by molar-refractivity contribution is -0.128. The number of benzene rings is 1. The highest BCUT2D eigenvalue weighted by Gasteiger charge is 2.34. The molecule has 126 valence electrons. The molecular weight excluding hydrogens is 348 g/mol. The van der Waals surface area contributed by atoms with Gasteiger partial charge in [0.05, 0.1) is 5.92 Å². The molecule has 1 N–H and O–H groups in total. The Morgan fingerprint density at radius 1 is 1.42 bits per heavy atom. The van der Waals surface area contributed by atoms with Crippen LogP contribution in [0.15, 0.2) is 24.3 Å². The summed E-state index contributed by atoms with van der Waals surface area (Å²) in [4.78, 5) is 26.2. The fourth-order valence-corrected chi connectivity index (χ4v) is 3.47. The zero-order valence-electron chi connectivity index (χ0n) is 13.2. The van der Waals surface area contributed by atoms with Crippen LogP contribution in [0.3, 0.4) is 0 Å². The lowest BCUT2D eigenvalue weighted by atomic mass is 10.1. The molecule has 2 heterocycles. The van der Waals surface area contributed by atoms with Crippen molar-refractivity contribution in [3.8, 4) is 0 Å². The van der Waals surface area contributed by atoms with E-state index in [1.54, 1.807) is 11.0 Å². The van der Waals surface area contributed by atoms with E-state index in [-0.39, 0.29) is 24.2 Å². The Kier molecular flexibility index (Phi) is 5.11. The minimum atomic E-state index is -0.381. The van der Waals surface area contributed by atoms with E-state index in [0.29, 0.717) is 23.2 Å². The first-order chi connectivity index (χ1) is 11.6. The molecule has 1 atom stereocenters. The Morgan fingerprint density at radius 3 is 2.92 bits per heavy atom. The Bertz CT molecular complexity index is 764. The summed E-state index contributed by atoms with van der Waals surface area (Å²) < 4.78 is 0. The summed E-state index contributed by atoms with van der Waals surface area (Å²) in [5.74, 6) is -0.612. The van der Waals surface area contributed by atoms with Crippen molar-refractivity contribution in [3.63, 3.8) is 0 Å². The second-order valence-electron chi connectivity index (χ2n) is 5.61. The number of carbonyl (C=O) groups excluding carboxylic acids is 2. The van der Waals surface area contributed by atoms with Crippen LogP contribution in [-0.4, -0.2) is 33.5 Å². The van der Waals surface area contributed by atoms with E-state index in [1.165, 1.54) is 11.3 Å². The second kappa shape index (κ2) is 7.27. The number of nitrogens with one attached hydrogen (secondary N) is 1. The van der Waals surface area contributed by atoms with Crippen molar-refractivity contribution in [2.75, 3.05) is 11.9 Å². The van der Waals surface area contributed by atoms with Crippen molar-refractivity contribution in [2.45, 2.75) is 26.3 Å². The minimum Gasteiger partial charge on any atom is -0.337 e. The second-order valence-corrected chi connectivity index (χ2v) is 7.08. The van der Waals surface area contributed by atoms with Crippen molar-refractivity contribution in [3.05, 3.63) is 39.9 Å². The molecule has 1 aliphatic heterocycles. The highest BCUT2D eigenvalue weighted by atomic mass is 35.5. The molecule has 0 saturated carbocycles. The van der Waals surface area contributed by atoms with Gasteiger partial charge in [-0.05, 0) is 18.1 Å². The highest BCUT2D eigenvalue weighted by Crippen LogP contribution is 2.25. The fraction of sp³-hybridized carbons (Fsp3) is 0.375. The normalized spacial score (nSPS) is 17.3. The van der Waals surface area contributed by atoms with E-state index in [2.05, 4.69) is 15.5 Å². The van der Waals surface area contributed by atoms with Crippen molar-refractivity contribution in [2.24, 2.45) is 5.92 Å². The quantitative estimate of drug-likeness (QED) is 0.885. The molecule has 1 fully saturated rings. The van der Waals surface area contributed by atoms with Gasteiger partial charge in [0.1, 0.15) is 5.01 Å². The predicted molar refractivity (Wildman–Crippen MR) is 92.9 cm³/mol. The predicted octanol–water partition coefficient (Wildman–Crippen LogP) is 2.74. The van der Waals surface area contributed by atoms with Crippen LogP contribution in [-0.2, 0) is 22.6 Å². The summed E-state index contributed by atoms with van der Waals surface area (Å²) in [5.41, 5.74) is 0.880. The molecule has 0 radical (unpaired) electrons. The number of hydrogen-bond acceptors (Lipinski definition) is 5. The molecule has 2 aromatic rings. The number of amides is 2. The average Bonchev–Trinajstić information content (AvgIpc) is 3.16. The van der Waals surface area contributed by atoms with Crippen LogP contribution in [0.25, 0.3) is 0 Å². The van der Waals surface area contributed by atoms with Crippen molar-refractivity contribution in [1.82, 2.24) is 15.1 Å². The van der Waals surface area contributed by atoms with Crippen LogP contribution >= 0.6 is 22.9 Å². The zero-order valence-corrected chi connectivity index (χ0v) is 14.7. The number of halogens is 1. The maximum absolute atomic E-state index is 12.3. The van der Waals surface area contributed by atoms with Crippen molar-refractivity contribution >= 4 is 39.9 Å². The molecule has 1 aromatic carbocycles. The summed E-state index contributed by atoms with van der Waals surface area (Å²) in [6.07, 6.45) is 0.983. The molecule has 0 aliphatic carbocycles. The number of aryl methyl sites for hydroxylation is 1. The van der Waals surface area contributed by atoms with Crippen LogP contribution in [0.1, 0.15) is 23.9 Å². The molecule has 6 nitrogen and oxygen atoms in total. The van der Waals surface area contributed by atoms with Crippen molar-refractivity contribution in [1.29, 1.82) is 0 Å². The fourth-order valence-electron chi connectivity index (χ4n) is 2.59. The Morgan fingerprint density at radius 2 is 2.21 bits per heavy atom. The summed E-state index contributed by atoms with van der Waals surface area (Å²) >= 11 is 7.50. The molecule has 0 spiro atoms. The van der Waals surface area contributed by atoms with E-state index in [0.717, 1.165) is 17.0 Å². The van der Waals surface area contributed by atoms with Gasteiger partial charge in [0.15, 0.2) is 0 Å². The van der Waals surface area contributed by atoms with E-state index < -0.39 is 0 Å². The number of anilines is 1. The van der Waals surface area contributed by atoms with Crippen LogP contribution in [0, 0.1) is 5.92 Å². The Labute approximate surface area is 148 Å². The molecular formula is C16H17ClN4O2S. The van der Waals surface area contributed by atoms with Gasteiger partial charge in [0.25, 0.3) is 0 Å².